The molecule has 78 valence electrons. The molecule has 0 saturated heterocycles. The van der Waals surface area contributed by atoms with E-state index in [1.807, 2.05) is 12.2 Å². The summed E-state index contributed by atoms with van der Waals surface area (Å²) in [6.07, 6.45) is 8.28. The predicted molar refractivity (Wildman–Crippen MR) is 58.0 cm³/mol. The van der Waals surface area contributed by atoms with Crippen molar-refractivity contribution in [3.63, 3.8) is 0 Å². The van der Waals surface area contributed by atoms with Gasteiger partial charge >= 0.3 is 0 Å². The molecule has 2 heteroatoms. The van der Waals surface area contributed by atoms with Crippen molar-refractivity contribution < 1.29 is 9.47 Å². The van der Waals surface area contributed by atoms with Crippen LogP contribution in [0.1, 0.15) is 13.8 Å². The molecule has 0 amide bonds. The number of allylic oxidation sites excluding steroid dienone is 5. The van der Waals surface area contributed by atoms with Crippen LogP contribution in [0.15, 0.2) is 35.6 Å². The van der Waals surface area contributed by atoms with Crippen LogP contribution in [-0.2, 0) is 9.47 Å². The normalized spacial score (nSPS) is 21.2. The minimum absolute atomic E-state index is 0.495. The number of hydrogen-bond donors (Lipinski definition) is 0. The molecule has 0 aromatic carbocycles. The van der Waals surface area contributed by atoms with E-state index in [2.05, 4.69) is 26.0 Å². The fourth-order valence-electron chi connectivity index (χ4n) is 1.15. The molecule has 1 rings (SSSR count). The van der Waals surface area contributed by atoms with E-state index in [4.69, 9.17) is 9.47 Å². The van der Waals surface area contributed by atoms with Gasteiger partial charge in [0.25, 0.3) is 0 Å². The molecule has 0 spiro atoms. The third-order valence-corrected chi connectivity index (χ3v) is 2.33. The molecule has 1 atom stereocenters. The van der Waals surface area contributed by atoms with E-state index in [-0.39, 0.29) is 0 Å². The predicted octanol–water partition coefficient (Wildman–Crippen LogP) is 2.69. The van der Waals surface area contributed by atoms with Crippen molar-refractivity contribution in [1.82, 2.24) is 0 Å². The minimum Gasteiger partial charge on any atom is -0.491 e. The smallest absolute Gasteiger partial charge is 0.119 e. The van der Waals surface area contributed by atoms with Gasteiger partial charge < -0.3 is 9.47 Å². The van der Waals surface area contributed by atoms with Gasteiger partial charge in [0.2, 0.25) is 0 Å². The minimum atomic E-state index is 0.495. The third-order valence-electron chi connectivity index (χ3n) is 2.33. The molecule has 0 N–H and O–H groups in total. The molecule has 0 radical (unpaired) electrons. The van der Waals surface area contributed by atoms with Crippen molar-refractivity contribution >= 4 is 0 Å². The topological polar surface area (TPSA) is 18.5 Å². The zero-order valence-corrected chi connectivity index (χ0v) is 9.12. The van der Waals surface area contributed by atoms with Crippen LogP contribution < -0.4 is 0 Å². The lowest BCUT2D eigenvalue weighted by molar-refractivity contribution is 0.114. The van der Waals surface area contributed by atoms with Crippen LogP contribution in [0.25, 0.3) is 0 Å². The van der Waals surface area contributed by atoms with Crippen LogP contribution in [0, 0.1) is 5.92 Å². The van der Waals surface area contributed by atoms with Crippen LogP contribution in [0.4, 0.5) is 0 Å². The average Bonchev–Trinajstić information content (AvgIpc) is 2.33. The van der Waals surface area contributed by atoms with Crippen LogP contribution >= 0.6 is 0 Å². The lowest BCUT2D eigenvalue weighted by Crippen LogP contribution is -2.00. The van der Waals surface area contributed by atoms with Crippen molar-refractivity contribution in [1.29, 1.82) is 0 Å². The summed E-state index contributed by atoms with van der Waals surface area (Å²) in [7, 11) is 1.67. The molecular formula is C12H18O2. The molecule has 1 aliphatic rings. The number of rotatable bonds is 4. The van der Waals surface area contributed by atoms with Crippen LogP contribution in [0.2, 0.25) is 0 Å². The maximum atomic E-state index is 5.50. The second-order valence-electron chi connectivity index (χ2n) is 3.47. The van der Waals surface area contributed by atoms with E-state index in [1.54, 1.807) is 7.11 Å². The molecule has 1 aliphatic carbocycles. The number of hydrogen-bond acceptors (Lipinski definition) is 2. The zero-order chi connectivity index (χ0) is 10.4. The first-order chi connectivity index (χ1) is 6.74. The summed E-state index contributed by atoms with van der Waals surface area (Å²) in [5.74, 6) is 1.40. The summed E-state index contributed by atoms with van der Waals surface area (Å²) in [6, 6.07) is 0. The molecule has 0 saturated carbocycles. The van der Waals surface area contributed by atoms with E-state index in [0.717, 1.165) is 5.76 Å². The molecule has 0 aromatic heterocycles. The Kier molecular flexibility index (Phi) is 4.47. The summed E-state index contributed by atoms with van der Waals surface area (Å²) < 4.78 is 10.4. The first-order valence-electron chi connectivity index (χ1n) is 4.92. The van der Waals surface area contributed by atoms with Crippen molar-refractivity contribution in [2.24, 2.45) is 5.92 Å². The van der Waals surface area contributed by atoms with Gasteiger partial charge in [-0.25, -0.2) is 0 Å². The lowest BCUT2D eigenvalue weighted by atomic mass is 10.0. The first-order valence-corrected chi connectivity index (χ1v) is 4.92. The van der Waals surface area contributed by atoms with Gasteiger partial charge in [-0.1, -0.05) is 24.6 Å². The molecule has 0 bridgehead atoms. The van der Waals surface area contributed by atoms with Crippen molar-refractivity contribution in [3.8, 4) is 0 Å². The van der Waals surface area contributed by atoms with Gasteiger partial charge in [-0.3, -0.25) is 0 Å². The Morgan fingerprint density at radius 1 is 1.29 bits per heavy atom. The molecule has 0 heterocycles. The first kappa shape index (κ1) is 11.1. The molecule has 14 heavy (non-hydrogen) atoms. The lowest BCUT2D eigenvalue weighted by Gasteiger charge is -2.04. The molecule has 2 nitrogen and oxygen atoms in total. The monoisotopic (exact) mass is 194 g/mol. The standard InChI is InChI=1S/C12H18O2/c1-10-4-6-12(7-5-11(10)2)14-9-8-13-3/h4-7,10H,8-9H2,1-3H3. The summed E-state index contributed by atoms with van der Waals surface area (Å²) in [4.78, 5) is 0. The highest BCUT2D eigenvalue weighted by Crippen LogP contribution is 2.17. The Hall–Kier alpha value is -1.02. The Balaban J connectivity index is 2.50. The molecule has 0 fully saturated rings. The zero-order valence-electron chi connectivity index (χ0n) is 9.12. The van der Waals surface area contributed by atoms with Crippen LogP contribution in [0.3, 0.4) is 0 Å². The highest BCUT2D eigenvalue weighted by Gasteiger charge is 2.03. The number of methoxy groups -OCH3 is 1. The Morgan fingerprint density at radius 2 is 2.07 bits per heavy atom. The second-order valence-corrected chi connectivity index (χ2v) is 3.47. The van der Waals surface area contributed by atoms with Gasteiger partial charge in [-0.05, 0) is 25.0 Å². The van der Waals surface area contributed by atoms with Crippen LogP contribution in [-0.4, -0.2) is 20.3 Å². The van der Waals surface area contributed by atoms with Gasteiger partial charge in [0.1, 0.15) is 12.4 Å². The Labute approximate surface area is 85.9 Å². The maximum Gasteiger partial charge on any atom is 0.119 e. The quantitative estimate of drug-likeness (QED) is 0.641. The van der Waals surface area contributed by atoms with E-state index in [9.17, 15) is 0 Å². The number of ether oxygens (including phenoxy) is 2. The Bertz CT molecular complexity index is 261. The van der Waals surface area contributed by atoms with Gasteiger partial charge in [-0.2, -0.15) is 0 Å². The van der Waals surface area contributed by atoms with E-state index in [1.165, 1.54) is 5.57 Å². The maximum absolute atomic E-state index is 5.50. The third kappa shape index (κ3) is 3.38. The van der Waals surface area contributed by atoms with E-state index < -0.39 is 0 Å². The largest absolute Gasteiger partial charge is 0.491 e. The van der Waals surface area contributed by atoms with Crippen molar-refractivity contribution in [2.75, 3.05) is 20.3 Å². The summed E-state index contributed by atoms with van der Waals surface area (Å²) in [5, 5.41) is 0. The van der Waals surface area contributed by atoms with Gasteiger partial charge in [-0.15, -0.1) is 0 Å². The summed E-state index contributed by atoms with van der Waals surface area (Å²) in [6.45, 7) is 5.54. The van der Waals surface area contributed by atoms with Crippen molar-refractivity contribution in [2.45, 2.75) is 13.8 Å². The van der Waals surface area contributed by atoms with Crippen molar-refractivity contribution in [3.05, 3.63) is 35.6 Å². The summed E-state index contributed by atoms with van der Waals surface area (Å²) in [5.41, 5.74) is 1.35. The second kappa shape index (κ2) is 5.66. The van der Waals surface area contributed by atoms with Gasteiger partial charge in [0, 0.05) is 7.11 Å². The fourth-order valence-corrected chi connectivity index (χ4v) is 1.15. The summed E-state index contributed by atoms with van der Waals surface area (Å²) >= 11 is 0. The highest BCUT2D eigenvalue weighted by atomic mass is 16.5. The van der Waals surface area contributed by atoms with E-state index >= 15 is 0 Å². The molecule has 0 aromatic rings. The average molecular weight is 194 g/mol. The van der Waals surface area contributed by atoms with Gasteiger partial charge in [0.05, 0.1) is 6.61 Å². The van der Waals surface area contributed by atoms with Gasteiger partial charge in [0.15, 0.2) is 0 Å². The highest BCUT2D eigenvalue weighted by molar-refractivity contribution is 5.28. The SMILES string of the molecule is COCCOC1=CC=C(C)C(C)C=C1. The Morgan fingerprint density at radius 3 is 2.79 bits per heavy atom. The van der Waals surface area contributed by atoms with Crippen LogP contribution in [0.5, 0.6) is 0 Å². The molecule has 0 aliphatic heterocycles. The molecule has 1 unspecified atom stereocenters. The molecular weight excluding hydrogens is 176 g/mol. The fraction of sp³-hybridized carbons (Fsp3) is 0.500. The van der Waals surface area contributed by atoms with E-state index in [0.29, 0.717) is 19.1 Å².